The molecule has 0 radical (unpaired) electrons. The molecule has 0 aliphatic rings. The van der Waals surface area contributed by atoms with Crippen molar-refractivity contribution in [2.75, 3.05) is 0 Å². The number of hydrogen-bond acceptors (Lipinski definition) is 1. The van der Waals surface area contributed by atoms with Crippen LogP contribution in [0.3, 0.4) is 0 Å². The predicted octanol–water partition coefficient (Wildman–Crippen LogP) is 3.13. The zero-order valence-electron chi connectivity index (χ0n) is 9.00. The van der Waals surface area contributed by atoms with Crippen LogP contribution in [0.25, 0.3) is 0 Å². The van der Waals surface area contributed by atoms with Crippen molar-refractivity contribution >= 4 is 5.94 Å². The van der Waals surface area contributed by atoms with E-state index in [1.54, 1.807) is 0 Å². The maximum Gasteiger partial charge on any atom is 0.123 e. The van der Waals surface area contributed by atoms with Crippen molar-refractivity contribution in [3.63, 3.8) is 0 Å². The highest BCUT2D eigenvalue weighted by Crippen LogP contribution is 2.15. The van der Waals surface area contributed by atoms with E-state index in [4.69, 9.17) is 0 Å². The molecule has 1 heteroatoms. The average molecular weight is 188 g/mol. The van der Waals surface area contributed by atoms with Gasteiger partial charge in [0.1, 0.15) is 5.94 Å². The van der Waals surface area contributed by atoms with E-state index in [1.807, 2.05) is 12.9 Å². The summed E-state index contributed by atoms with van der Waals surface area (Å²) in [5.74, 6) is 2.48. The Morgan fingerprint density at radius 2 is 1.86 bits per heavy atom. The van der Waals surface area contributed by atoms with Crippen molar-refractivity contribution in [1.29, 1.82) is 0 Å². The average Bonchev–Trinajstić information content (AvgIpc) is 2.18. The summed E-state index contributed by atoms with van der Waals surface area (Å²) in [6, 6.07) is 8.41. The number of allylic oxidation sites excluding steroid dienone is 1. The van der Waals surface area contributed by atoms with Crippen LogP contribution in [0.4, 0.5) is 0 Å². The molecule has 0 spiro atoms. The molecule has 0 amide bonds. The Morgan fingerprint density at radius 3 is 2.29 bits per heavy atom. The molecule has 1 rings (SSSR count). The Balaban J connectivity index is 2.78. The van der Waals surface area contributed by atoms with Crippen LogP contribution in [0.5, 0.6) is 0 Å². The van der Waals surface area contributed by atoms with Gasteiger partial charge in [-0.05, 0) is 24.0 Å². The second-order valence-corrected chi connectivity index (χ2v) is 3.96. The molecule has 0 unspecified atom stereocenters. The molecule has 0 N–H and O–H groups in total. The first-order valence-corrected chi connectivity index (χ1v) is 4.93. The maximum absolute atomic E-state index is 10.3. The van der Waals surface area contributed by atoms with Crippen LogP contribution in [0, 0.1) is 0 Å². The van der Waals surface area contributed by atoms with Gasteiger partial charge in [-0.2, -0.15) is 0 Å². The summed E-state index contributed by atoms with van der Waals surface area (Å²) in [4.78, 5) is 10.3. The quantitative estimate of drug-likeness (QED) is 0.666. The Labute approximate surface area is 85.5 Å². The van der Waals surface area contributed by atoms with E-state index in [-0.39, 0.29) is 0 Å². The highest BCUT2D eigenvalue weighted by Gasteiger charge is 1.99. The van der Waals surface area contributed by atoms with Gasteiger partial charge in [-0.1, -0.05) is 38.1 Å². The summed E-state index contributed by atoms with van der Waals surface area (Å²) in [7, 11) is 0. The monoisotopic (exact) mass is 188 g/mol. The molecule has 0 aliphatic heterocycles. The summed E-state index contributed by atoms with van der Waals surface area (Å²) in [6.07, 6.45) is 0.710. The van der Waals surface area contributed by atoms with Crippen LogP contribution in [-0.4, -0.2) is 5.94 Å². The highest BCUT2D eigenvalue weighted by atomic mass is 16.1. The minimum absolute atomic E-state index is 0.562. The molecule has 1 aromatic rings. The lowest BCUT2D eigenvalue weighted by Crippen LogP contribution is -1.90. The van der Waals surface area contributed by atoms with E-state index in [0.29, 0.717) is 12.3 Å². The Kier molecular flexibility index (Phi) is 3.67. The van der Waals surface area contributed by atoms with Gasteiger partial charge in [0.2, 0.25) is 0 Å². The number of hydrogen-bond donors (Lipinski definition) is 0. The van der Waals surface area contributed by atoms with Gasteiger partial charge in [0.25, 0.3) is 0 Å². The third-order valence-electron chi connectivity index (χ3n) is 2.29. The van der Waals surface area contributed by atoms with Crippen LogP contribution in [-0.2, 0) is 11.2 Å². The topological polar surface area (TPSA) is 17.1 Å². The van der Waals surface area contributed by atoms with E-state index in [1.165, 1.54) is 11.1 Å². The summed E-state index contributed by atoms with van der Waals surface area (Å²) in [6.45, 7) is 6.15. The molecular weight excluding hydrogens is 172 g/mol. The van der Waals surface area contributed by atoms with E-state index < -0.39 is 0 Å². The molecule has 0 aliphatic carbocycles. The minimum Gasteiger partial charge on any atom is -0.234 e. The largest absolute Gasteiger partial charge is 0.234 e. The number of carbonyl (C=O) groups excluding carboxylic acids is 1. The first-order valence-electron chi connectivity index (χ1n) is 4.93. The van der Waals surface area contributed by atoms with Crippen LogP contribution in [0.2, 0.25) is 0 Å². The molecule has 14 heavy (non-hydrogen) atoms. The fraction of sp³-hybridized carbons (Fsp3) is 0.385. The minimum atomic E-state index is 0.562. The Bertz CT molecular complexity index is 340. The van der Waals surface area contributed by atoms with E-state index in [9.17, 15) is 4.79 Å². The second-order valence-electron chi connectivity index (χ2n) is 3.96. The summed E-state index contributed by atoms with van der Waals surface area (Å²) >= 11 is 0. The molecule has 0 fully saturated rings. The van der Waals surface area contributed by atoms with E-state index in [0.717, 1.165) is 5.57 Å². The molecule has 0 bridgehead atoms. The zero-order chi connectivity index (χ0) is 10.6. The van der Waals surface area contributed by atoms with E-state index >= 15 is 0 Å². The smallest absolute Gasteiger partial charge is 0.123 e. The molecule has 1 nitrogen and oxygen atoms in total. The molecule has 0 atom stereocenters. The molecule has 74 valence electrons. The van der Waals surface area contributed by atoms with Gasteiger partial charge in [-0.15, -0.1) is 0 Å². The van der Waals surface area contributed by atoms with Crippen LogP contribution >= 0.6 is 0 Å². The second kappa shape index (κ2) is 4.78. The first-order chi connectivity index (χ1) is 6.63. The van der Waals surface area contributed by atoms with Crippen molar-refractivity contribution in [2.45, 2.75) is 33.1 Å². The van der Waals surface area contributed by atoms with Gasteiger partial charge < -0.3 is 0 Å². The van der Waals surface area contributed by atoms with Gasteiger partial charge in [0.05, 0.1) is 0 Å². The lowest BCUT2D eigenvalue weighted by atomic mass is 10.00. The lowest BCUT2D eigenvalue weighted by Gasteiger charge is -2.06. The fourth-order valence-corrected chi connectivity index (χ4v) is 1.36. The van der Waals surface area contributed by atoms with Crippen molar-refractivity contribution in [3.8, 4) is 0 Å². The normalized spacial score (nSPS) is 10.0. The number of rotatable bonds is 3. The molecule has 1 aromatic carbocycles. The summed E-state index contributed by atoms with van der Waals surface area (Å²) in [5.41, 5.74) is 3.26. The number of benzene rings is 1. The summed E-state index contributed by atoms with van der Waals surface area (Å²) < 4.78 is 0. The summed E-state index contributed by atoms with van der Waals surface area (Å²) in [5, 5.41) is 0. The van der Waals surface area contributed by atoms with Crippen molar-refractivity contribution < 1.29 is 4.79 Å². The Hall–Kier alpha value is -1.33. The predicted molar refractivity (Wildman–Crippen MR) is 59.1 cm³/mol. The molecule has 0 saturated heterocycles. The molecular formula is C13H16O. The standard InChI is InChI=1S/C13H16O/c1-10(2)13-6-4-12(5-7-13)8-11(3)9-14/h4-7,10H,8H2,1-3H3. The van der Waals surface area contributed by atoms with Gasteiger partial charge in [-0.25, -0.2) is 4.79 Å². The van der Waals surface area contributed by atoms with Gasteiger partial charge >= 0.3 is 0 Å². The van der Waals surface area contributed by atoms with Gasteiger partial charge in [-0.3, -0.25) is 0 Å². The van der Waals surface area contributed by atoms with Crippen LogP contribution in [0.1, 0.15) is 37.8 Å². The first kappa shape index (κ1) is 10.7. The van der Waals surface area contributed by atoms with Gasteiger partial charge in [0, 0.05) is 12.0 Å². The third kappa shape index (κ3) is 2.86. The van der Waals surface area contributed by atoms with Crippen molar-refractivity contribution in [3.05, 3.63) is 41.0 Å². The van der Waals surface area contributed by atoms with E-state index in [2.05, 4.69) is 38.1 Å². The maximum atomic E-state index is 10.3. The Morgan fingerprint density at radius 1 is 1.29 bits per heavy atom. The van der Waals surface area contributed by atoms with Crippen molar-refractivity contribution in [1.82, 2.24) is 0 Å². The third-order valence-corrected chi connectivity index (χ3v) is 2.29. The highest BCUT2D eigenvalue weighted by molar-refractivity contribution is 5.52. The van der Waals surface area contributed by atoms with Gasteiger partial charge in [0.15, 0.2) is 0 Å². The van der Waals surface area contributed by atoms with Crippen LogP contribution in [0.15, 0.2) is 29.8 Å². The SMILES string of the molecule is CC(=C=O)Cc1ccc(C(C)C)cc1. The molecule has 0 aromatic heterocycles. The zero-order valence-corrected chi connectivity index (χ0v) is 9.00. The lowest BCUT2D eigenvalue weighted by molar-refractivity contribution is 0.566. The van der Waals surface area contributed by atoms with Crippen LogP contribution < -0.4 is 0 Å². The van der Waals surface area contributed by atoms with Crippen molar-refractivity contribution in [2.24, 2.45) is 0 Å². The molecule has 0 heterocycles. The molecule has 0 saturated carbocycles. The fourth-order valence-electron chi connectivity index (χ4n) is 1.36.